The number of hydrogen-bond acceptors (Lipinski definition) is 6. The minimum atomic E-state index is -0.170. The van der Waals surface area contributed by atoms with Gasteiger partial charge in [0, 0.05) is 16.4 Å². The number of nitrogens with one attached hydrogen (secondary N) is 1. The average molecular weight is 509 g/mol. The Morgan fingerprint density at radius 3 is 2.43 bits per heavy atom. The summed E-state index contributed by atoms with van der Waals surface area (Å²) in [5, 5.41) is 12.7. The smallest absolute Gasteiger partial charge is 0.234 e. The molecule has 0 unspecified atom stereocenters. The third-order valence-electron chi connectivity index (χ3n) is 4.94. The minimum absolute atomic E-state index is 0.153. The maximum Gasteiger partial charge on any atom is 0.234 e. The van der Waals surface area contributed by atoms with Crippen LogP contribution >= 0.6 is 23.4 Å². The average Bonchev–Trinajstić information content (AvgIpc) is 3.26. The first-order valence-electron chi connectivity index (χ1n) is 11.1. The Morgan fingerprint density at radius 2 is 1.71 bits per heavy atom. The number of nitrogens with zero attached hydrogens (tertiary/aromatic N) is 3. The number of thioether (sulfide) groups is 1. The van der Waals surface area contributed by atoms with Gasteiger partial charge in [0.1, 0.15) is 18.1 Å². The quantitative estimate of drug-likeness (QED) is 0.267. The second kappa shape index (κ2) is 11.8. The second-order valence-electron chi connectivity index (χ2n) is 7.61. The van der Waals surface area contributed by atoms with Crippen molar-refractivity contribution < 1.29 is 14.3 Å². The van der Waals surface area contributed by atoms with Crippen LogP contribution in [0, 0.1) is 6.92 Å². The highest BCUT2D eigenvalue weighted by atomic mass is 35.5. The zero-order valence-corrected chi connectivity index (χ0v) is 21.0. The van der Waals surface area contributed by atoms with Crippen LogP contribution in [0.5, 0.6) is 11.5 Å². The Bertz CT molecular complexity index is 1280. The fourth-order valence-corrected chi connectivity index (χ4v) is 4.24. The molecule has 1 amide bonds. The number of hydrogen-bond donors (Lipinski definition) is 1. The molecule has 1 heterocycles. The number of anilines is 1. The molecule has 0 saturated heterocycles. The first-order chi connectivity index (χ1) is 17.0. The van der Waals surface area contributed by atoms with Gasteiger partial charge in [0.05, 0.1) is 12.4 Å². The van der Waals surface area contributed by atoms with Crippen molar-refractivity contribution in [3.63, 3.8) is 0 Å². The van der Waals surface area contributed by atoms with Crippen molar-refractivity contribution in [3.05, 3.63) is 89.2 Å². The highest BCUT2D eigenvalue weighted by molar-refractivity contribution is 7.99. The number of carbonyl (C=O) groups is 1. The fraction of sp³-hybridized carbons (Fsp3) is 0.192. The van der Waals surface area contributed by atoms with E-state index in [1.807, 2.05) is 66.9 Å². The Morgan fingerprint density at radius 1 is 1.00 bits per heavy atom. The van der Waals surface area contributed by atoms with Crippen molar-refractivity contribution >= 4 is 35.0 Å². The van der Waals surface area contributed by atoms with Crippen molar-refractivity contribution in [1.82, 2.24) is 14.8 Å². The first kappa shape index (κ1) is 24.6. The van der Waals surface area contributed by atoms with E-state index < -0.39 is 0 Å². The normalized spacial score (nSPS) is 10.7. The standard InChI is InChI=1S/C26H25ClN4O3S/c1-3-33-22-13-9-21(10-14-22)31-24(16-34-23-11-7-18(2)8-12-23)29-30-26(31)35-17-25(32)28-20-6-4-5-19(27)15-20/h4-15H,3,16-17H2,1-2H3,(H,28,32). The molecule has 0 aliphatic heterocycles. The zero-order chi connectivity index (χ0) is 24.6. The molecule has 0 radical (unpaired) electrons. The van der Waals surface area contributed by atoms with E-state index in [4.69, 9.17) is 21.1 Å². The lowest BCUT2D eigenvalue weighted by Gasteiger charge is -2.12. The van der Waals surface area contributed by atoms with Gasteiger partial charge in [-0.1, -0.05) is 47.1 Å². The molecule has 1 N–H and O–H groups in total. The monoisotopic (exact) mass is 508 g/mol. The maximum absolute atomic E-state index is 12.5. The number of benzene rings is 3. The molecule has 1 aromatic heterocycles. The van der Waals surface area contributed by atoms with Crippen LogP contribution in [0.15, 0.2) is 78.0 Å². The molecule has 35 heavy (non-hydrogen) atoms. The number of halogens is 1. The van der Waals surface area contributed by atoms with Crippen LogP contribution in [-0.4, -0.2) is 33.0 Å². The van der Waals surface area contributed by atoms with Crippen molar-refractivity contribution in [1.29, 1.82) is 0 Å². The van der Waals surface area contributed by atoms with Gasteiger partial charge >= 0.3 is 0 Å². The molecule has 0 aliphatic carbocycles. The van der Waals surface area contributed by atoms with Crippen LogP contribution in [0.25, 0.3) is 5.69 Å². The Labute approximate surface area is 213 Å². The van der Waals surface area contributed by atoms with Gasteiger partial charge < -0.3 is 14.8 Å². The molecule has 7 nitrogen and oxygen atoms in total. The summed E-state index contributed by atoms with van der Waals surface area (Å²) in [4.78, 5) is 12.5. The number of carbonyl (C=O) groups excluding carboxylic acids is 1. The summed E-state index contributed by atoms with van der Waals surface area (Å²) in [6.45, 7) is 4.78. The Balaban J connectivity index is 1.52. The molecule has 4 aromatic rings. The van der Waals surface area contributed by atoms with Gasteiger partial charge in [-0.05, 0) is 68.4 Å². The van der Waals surface area contributed by atoms with Gasteiger partial charge in [-0.15, -0.1) is 10.2 Å². The van der Waals surface area contributed by atoms with E-state index in [1.165, 1.54) is 11.8 Å². The molecule has 0 bridgehead atoms. The molecular weight excluding hydrogens is 484 g/mol. The van der Waals surface area contributed by atoms with Crippen molar-refractivity contribution in [2.75, 3.05) is 17.7 Å². The predicted octanol–water partition coefficient (Wildman–Crippen LogP) is 5.94. The molecule has 180 valence electrons. The highest BCUT2D eigenvalue weighted by Gasteiger charge is 2.17. The summed E-state index contributed by atoms with van der Waals surface area (Å²) in [7, 11) is 0. The van der Waals surface area contributed by atoms with Gasteiger partial charge in [-0.25, -0.2) is 0 Å². The molecule has 0 fully saturated rings. The van der Waals surface area contributed by atoms with E-state index in [9.17, 15) is 4.79 Å². The zero-order valence-electron chi connectivity index (χ0n) is 19.4. The Hall–Kier alpha value is -3.49. The fourth-order valence-electron chi connectivity index (χ4n) is 3.28. The summed E-state index contributed by atoms with van der Waals surface area (Å²) in [5.41, 5.74) is 2.65. The largest absolute Gasteiger partial charge is 0.494 e. The van der Waals surface area contributed by atoms with Gasteiger partial charge in [-0.2, -0.15) is 0 Å². The maximum atomic E-state index is 12.5. The number of aryl methyl sites for hydroxylation is 1. The molecule has 9 heteroatoms. The number of aromatic nitrogens is 3. The van der Waals surface area contributed by atoms with Gasteiger partial charge in [0.2, 0.25) is 5.91 Å². The molecule has 3 aromatic carbocycles. The summed E-state index contributed by atoms with van der Waals surface area (Å²) < 4.78 is 13.4. The minimum Gasteiger partial charge on any atom is -0.494 e. The molecule has 0 atom stereocenters. The summed E-state index contributed by atoms with van der Waals surface area (Å²) >= 11 is 7.30. The van der Waals surface area contributed by atoms with E-state index in [-0.39, 0.29) is 18.3 Å². The van der Waals surface area contributed by atoms with E-state index in [1.54, 1.807) is 24.3 Å². The van der Waals surface area contributed by atoms with Crippen LogP contribution in [-0.2, 0) is 11.4 Å². The van der Waals surface area contributed by atoms with Crippen LogP contribution in [0.3, 0.4) is 0 Å². The SMILES string of the molecule is CCOc1ccc(-n2c(COc3ccc(C)cc3)nnc2SCC(=O)Nc2cccc(Cl)c2)cc1. The molecule has 0 spiro atoms. The van der Waals surface area contributed by atoms with E-state index in [0.29, 0.717) is 28.3 Å². The number of ether oxygens (including phenoxy) is 2. The van der Waals surface area contributed by atoms with E-state index >= 15 is 0 Å². The lowest BCUT2D eigenvalue weighted by molar-refractivity contribution is -0.113. The van der Waals surface area contributed by atoms with Crippen molar-refractivity contribution in [3.8, 4) is 17.2 Å². The van der Waals surface area contributed by atoms with E-state index in [0.717, 1.165) is 22.7 Å². The summed E-state index contributed by atoms with van der Waals surface area (Å²) in [5.74, 6) is 2.12. The summed E-state index contributed by atoms with van der Waals surface area (Å²) in [6.07, 6.45) is 0. The van der Waals surface area contributed by atoms with Crippen molar-refractivity contribution in [2.45, 2.75) is 25.6 Å². The number of amides is 1. The predicted molar refractivity (Wildman–Crippen MR) is 139 cm³/mol. The lowest BCUT2D eigenvalue weighted by Crippen LogP contribution is -2.14. The lowest BCUT2D eigenvalue weighted by atomic mass is 10.2. The Kier molecular flexibility index (Phi) is 8.28. The second-order valence-corrected chi connectivity index (χ2v) is 8.99. The van der Waals surface area contributed by atoms with Gasteiger partial charge in [0.25, 0.3) is 0 Å². The van der Waals surface area contributed by atoms with Crippen LogP contribution < -0.4 is 14.8 Å². The first-order valence-corrected chi connectivity index (χ1v) is 12.4. The van der Waals surface area contributed by atoms with Crippen LogP contribution in [0.4, 0.5) is 5.69 Å². The summed E-state index contributed by atoms with van der Waals surface area (Å²) in [6, 6.07) is 22.5. The van der Waals surface area contributed by atoms with Gasteiger partial charge in [0.15, 0.2) is 11.0 Å². The highest BCUT2D eigenvalue weighted by Crippen LogP contribution is 2.25. The van der Waals surface area contributed by atoms with Crippen LogP contribution in [0.2, 0.25) is 5.02 Å². The molecule has 0 aliphatic rings. The van der Waals surface area contributed by atoms with Crippen molar-refractivity contribution in [2.24, 2.45) is 0 Å². The molecule has 4 rings (SSSR count). The van der Waals surface area contributed by atoms with Crippen LogP contribution in [0.1, 0.15) is 18.3 Å². The molecular formula is C26H25ClN4O3S. The van der Waals surface area contributed by atoms with E-state index in [2.05, 4.69) is 15.5 Å². The third kappa shape index (κ3) is 6.77. The van der Waals surface area contributed by atoms with Gasteiger partial charge in [-0.3, -0.25) is 9.36 Å². The third-order valence-corrected chi connectivity index (χ3v) is 6.10. The topological polar surface area (TPSA) is 78.3 Å². The molecule has 0 saturated carbocycles. The number of rotatable bonds is 10.